The predicted molar refractivity (Wildman–Crippen MR) is 49.3 cm³/mol. The van der Waals surface area contributed by atoms with Crippen LogP contribution in [0, 0.1) is 0 Å². The topological polar surface area (TPSA) is 72.3 Å². The molecule has 0 amide bonds. The van der Waals surface area contributed by atoms with Crippen LogP contribution >= 0.6 is 0 Å². The van der Waals surface area contributed by atoms with Crippen LogP contribution in [0.1, 0.15) is 16.8 Å². The molecule has 1 N–H and O–H groups in total. The Bertz CT molecular complexity index is 339. The maximum atomic E-state index is 10.7. The minimum atomic E-state index is -1.08. The Morgan fingerprint density at radius 3 is 3.14 bits per heavy atom. The monoisotopic (exact) mass is 194 g/mol. The molecule has 1 heterocycles. The summed E-state index contributed by atoms with van der Waals surface area (Å²) in [6, 6.07) is 1.35. The van der Waals surface area contributed by atoms with E-state index in [1.54, 1.807) is 6.08 Å². The van der Waals surface area contributed by atoms with Gasteiger partial charge in [0.2, 0.25) is 5.88 Å². The number of nitrogens with zero attached hydrogens (tertiary/aromatic N) is 2. The number of rotatable bonds is 5. The molecule has 14 heavy (non-hydrogen) atoms. The molecule has 0 radical (unpaired) electrons. The lowest BCUT2D eigenvalue weighted by Gasteiger charge is -2.04. The summed E-state index contributed by atoms with van der Waals surface area (Å²) in [5.41, 5.74) is 0.0177. The van der Waals surface area contributed by atoms with Crippen molar-refractivity contribution in [3.05, 3.63) is 30.5 Å². The maximum absolute atomic E-state index is 10.7. The molecule has 1 aromatic rings. The molecule has 0 saturated heterocycles. The molecule has 1 rings (SSSR count). The molecule has 0 bridgehead atoms. The summed E-state index contributed by atoms with van der Waals surface area (Å²) in [6.45, 7) is 3.87. The van der Waals surface area contributed by atoms with Gasteiger partial charge < -0.3 is 9.84 Å². The number of carbonyl (C=O) groups is 1. The van der Waals surface area contributed by atoms with Crippen molar-refractivity contribution in [3.63, 3.8) is 0 Å². The largest absolute Gasteiger partial charge is 0.477 e. The SMILES string of the molecule is C=CCCOc1nnccc1C(=O)O. The van der Waals surface area contributed by atoms with E-state index in [1.165, 1.54) is 12.3 Å². The Morgan fingerprint density at radius 2 is 2.50 bits per heavy atom. The van der Waals surface area contributed by atoms with Crippen LogP contribution in [0.3, 0.4) is 0 Å². The number of carboxylic acid groups (broad SMARTS) is 1. The van der Waals surface area contributed by atoms with Gasteiger partial charge in [0.1, 0.15) is 5.56 Å². The highest BCUT2D eigenvalue weighted by molar-refractivity contribution is 5.89. The highest BCUT2D eigenvalue weighted by atomic mass is 16.5. The second-order valence-electron chi connectivity index (χ2n) is 2.48. The van der Waals surface area contributed by atoms with E-state index in [2.05, 4.69) is 16.8 Å². The zero-order valence-electron chi connectivity index (χ0n) is 7.51. The van der Waals surface area contributed by atoms with Crippen molar-refractivity contribution < 1.29 is 14.6 Å². The third-order valence-corrected chi connectivity index (χ3v) is 1.48. The molecule has 0 saturated carbocycles. The molecular formula is C9H10N2O3. The van der Waals surface area contributed by atoms with E-state index in [0.717, 1.165) is 0 Å². The van der Waals surface area contributed by atoms with Crippen LogP contribution in [0.25, 0.3) is 0 Å². The van der Waals surface area contributed by atoms with Crippen LogP contribution in [0.5, 0.6) is 5.88 Å². The average molecular weight is 194 g/mol. The molecule has 0 atom stereocenters. The van der Waals surface area contributed by atoms with E-state index in [9.17, 15) is 4.79 Å². The second-order valence-corrected chi connectivity index (χ2v) is 2.48. The molecule has 0 aliphatic rings. The standard InChI is InChI=1S/C9H10N2O3/c1-2-3-6-14-8-7(9(12)13)4-5-10-11-8/h2,4-5H,1,3,6H2,(H,12,13). The summed E-state index contributed by atoms with van der Waals surface area (Å²) < 4.78 is 5.11. The molecule has 0 aromatic carbocycles. The minimum Gasteiger partial charge on any atom is -0.477 e. The molecule has 74 valence electrons. The Hall–Kier alpha value is -1.91. The number of carboxylic acids is 1. The molecule has 5 heteroatoms. The van der Waals surface area contributed by atoms with Gasteiger partial charge in [0.15, 0.2) is 0 Å². The summed E-state index contributed by atoms with van der Waals surface area (Å²) >= 11 is 0. The first-order chi connectivity index (χ1) is 6.75. The quantitative estimate of drug-likeness (QED) is 0.561. The number of ether oxygens (including phenoxy) is 1. The lowest BCUT2D eigenvalue weighted by molar-refractivity contribution is 0.0691. The second kappa shape index (κ2) is 4.96. The van der Waals surface area contributed by atoms with E-state index < -0.39 is 5.97 Å². The van der Waals surface area contributed by atoms with Crippen molar-refractivity contribution in [2.75, 3.05) is 6.61 Å². The van der Waals surface area contributed by atoms with Gasteiger partial charge in [-0.1, -0.05) is 6.08 Å². The highest BCUT2D eigenvalue weighted by Crippen LogP contribution is 2.12. The van der Waals surface area contributed by atoms with E-state index >= 15 is 0 Å². The van der Waals surface area contributed by atoms with Gasteiger partial charge in [0.05, 0.1) is 12.8 Å². The van der Waals surface area contributed by atoms with Gasteiger partial charge >= 0.3 is 5.97 Å². The van der Waals surface area contributed by atoms with Crippen LogP contribution in [0.15, 0.2) is 24.9 Å². The van der Waals surface area contributed by atoms with Crippen molar-refractivity contribution in [1.82, 2.24) is 10.2 Å². The highest BCUT2D eigenvalue weighted by Gasteiger charge is 2.11. The Balaban J connectivity index is 2.74. The molecule has 1 aromatic heterocycles. The van der Waals surface area contributed by atoms with Crippen LogP contribution in [-0.4, -0.2) is 27.9 Å². The van der Waals surface area contributed by atoms with E-state index in [4.69, 9.17) is 9.84 Å². The average Bonchev–Trinajstić information content (AvgIpc) is 2.19. The van der Waals surface area contributed by atoms with Gasteiger partial charge in [-0.3, -0.25) is 0 Å². The molecule has 0 fully saturated rings. The first-order valence-corrected chi connectivity index (χ1v) is 4.04. The van der Waals surface area contributed by atoms with Gasteiger partial charge in [-0.25, -0.2) is 4.79 Å². The van der Waals surface area contributed by atoms with Gasteiger partial charge in [-0.15, -0.1) is 11.7 Å². The maximum Gasteiger partial charge on any atom is 0.341 e. The molecule has 0 spiro atoms. The molecule has 5 nitrogen and oxygen atoms in total. The third-order valence-electron chi connectivity index (χ3n) is 1.48. The molecule has 0 aliphatic heterocycles. The van der Waals surface area contributed by atoms with Crippen LogP contribution in [0.2, 0.25) is 0 Å². The van der Waals surface area contributed by atoms with Gasteiger partial charge in [0.25, 0.3) is 0 Å². The summed E-state index contributed by atoms with van der Waals surface area (Å²) in [6.07, 6.45) is 3.62. The molecule has 0 unspecified atom stereocenters. The summed E-state index contributed by atoms with van der Waals surface area (Å²) in [7, 11) is 0. The summed E-state index contributed by atoms with van der Waals surface area (Å²) in [5.74, 6) is -1.03. The van der Waals surface area contributed by atoms with Crippen molar-refractivity contribution >= 4 is 5.97 Å². The fourth-order valence-corrected chi connectivity index (χ4v) is 0.827. The lowest BCUT2D eigenvalue weighted by atomic mass is 10.3. The molecular weight excluding hydrogens is 184 g/mol. The minimum absolute atomic E-state index is 0.0177. The van der Waals surface area contributed by atoms with Gasteiger partial charge in [-0.05, 0) is 12.5 Å². The van der Waals surface area contributed by atoms with Gasteiger partial charge in [0, 0.05) is 0 Å². The van der Waals surface area contributed by atoms with E-state index in [1.807, 2.05) is 0 Å². The van der Waals surface area contributed by atoms with Crippen molar-refractivity contribution in [2.45, 2.75) is 6.42 Å². The number of aromatic carboxylic acids is 1. The fraction of sp³-hybridized carbons (Fsp3) is 0.222. The Labute approximate surface area is 81.0 Å². The third kappa shape index (κ3) is 2.55. The van der Waals surface area contributed by atoms with Gasteiger partial charge in [-0.2, -0.15) is 5.10 Å². The van der Waals surface area contributed by atoms with Crippen LogP contribution in [-0.2, 0) is 0 Å². The number of aromatic nitrogens is 2. The fourth-order valence-electron chi connectivity index (χ4n) is 0.827. The van der Waals surface area contributed by atoms with Crippen LogP contribution in [0.4, 0.5) is 0 Å². The van der Waals surface area contributed by atoms with E-state index in [-0.39, 0.29) is 11.4 Å². The van der Waals surface area contributed by atoms with Crippen molar-refractivity contribution in [1.29, 1.82) is 0 Å². The molecule has 0 aliphatic carbocycles. The Kier molecular flexibility index (Phi) is 3.60. The zero-order valence-corrected chi connectivity index (χ0v) is 7.51. The van der Waals surface area contributed by atoms with Crippen molar-refractivity contribution in [3.8, 4) is 5.88 Å². The first kappa shape index (κ1) is 10.2. The van der Waals surface area contributed by atoms with Crippen LogP contribution < -0.4 is 4.74 Å². The van der Waals surface area contributed by atoms with Crippen molar-refractivity contribution in [2.24, 2.45) is 0 Å². The summed E-state index contributed by atoms with van der Waals surface area (Å²) in [5, 5.41) is 15.9. The first-order valence-electron chi connectivity index (χ1n) is 4.04. The zero-order chi connectivity index (χ0) is 10.4. The number of hydrogen-bond acceptors (Lipinski definition) is 4. The summed E-state index contributed by atoms with van der Waals surface area (Å²) in [4.78, 5) is 10.7. The normalized spacial score (nSPS) is 9.43. The number of hydrogen-bond donors (Lipinski definition) is 1. The lowest BCUT2D eigenvalue weighted by Crippen LogP contribution is -2.06. The predicted octanol–water partition coefficient (Wildman–Crippen LogP) is 1.13. The van der Waals surface area contributed by atoms with E-state index in [0.29, 0.717) is 13.0 Å². The Morgan fingerprint density at radius 1 is 1.71 bits per heavy atom. The smallest absolute Gasteiger partial charge is 0.341 e.